The van der Waals surface area contributed by atoms with Crippen LogP contribution in [-0.4, -0.2) is 9.91 Å². The second kappa shape index (κ2) is 5.80. The van der Waals surface area contributed by atoms with Crippen LogP contribution in [0.15, 0.2) is 36.4 Å². The first-order chi connectivity index (χ1) is 9.58. The van der Waals surface area contributed by atoms with Crippen molar-refractivity contribution in [1.82, 2.24) is 4.98 Å². The number of nitrogens with one attached hydrogen (secondary N) is 1. The second-order valence-corrected chi connectivity index (χ2v) is 4.27. The molecule has 1 heterocycles. The topological polar surface area (TPSA) is 91.8 Å². The fraction of sp³-hybridized carbons (Fsp3) is 0.143. The van der Waals surface area contributed by atoms with E-state index in [1.165, 1.54) is 12.1 Å². The minimum atomic E-state index is -0.428. The van der Waals surface area contributed by atoms with Crippen molar-refractivity contribution < 1.29 is 4.92 Å². The standard InChI is InChI=1S/C14H12N4O2/c1-10-5-12(8-15)7-14(17-10)16-9-11-3-2-4-13(6-11)18(19)20/h2-7H,9H2,1H3,(H,16,17). The van der Waals surface area contributed by atoms with Crippen molar-refractivity contribution in [3.63, 3.8) is 0 Å². The Labute approximate surface area is 115 Å². The summed E-state index contributed by atoms with van der Waals surface area (Å²) >= 11 is 0. The first-order valence-corrected chi connectivity index (χ1v) is 5.94. The number of anilines is 1. The predicted molar refractivity (Wildman–Crippen MR) is 74.1 cm³/mol. The average Bonchev–Trinajstić information content (AvgIpc) is 2.44. The Hall–Kier alpha value is -2.94. The molecule has 0 unspecified atom stereocenters. The van der Waals surface area contributed by atoms with Gasteiger partial charge in [-0.1, -0.05) is 12.1 Å². The molecule has 6 nitrogen and oxygen atoms in total. The van der Waals surface area contributed by atoms with Gasteiger partial charge in [0.2, 0.25) is 0 Å². The number of hydrogen-bond acceptors (Lipinski definition) is 5. The molecule has 6 heteroatoms. The number of nitrogens with zero attached hydrogens (tertiary/aromatic N) is 3. The van der Waals surface area contributed by atoms with Crippen LogP contribution in [0.1, 0.15) is 16.8 Å². The summed E-state index contributed by atoms with van der Waals surface area (Å²) in [6.07, 6.45) is 0. The maximum atomic E-state index is 10.7. The average molecular weight is 268 g/mol. The van der Waals surface area contributed by atoms with E-state index < -0.39 is 4.92 Å². The summed E-state index contributed by atoms with van der Waals surface area (Å²) in [5.74, 6) is 0.577. The van der Waals surface area contributed by atoms with Crippen LogP contribution in [0.5, 0.6) is 0 Å². The van der Waals surface area contributed by atoms with Crippen LogP contribution in [-0.2, 0) is 6.54 Å². The number of non-ortho nitro benzene ring substituents is 1. The molecule has 1 aromatic heterocycles. The Morgan fingerprint density at radius 2 is 2.20 bits per heavy atom. The molecule has 0 aliphatic carbocycles. The van der Waals surface area contributed by atoms with Gasteiger partial charge in [-0.2, -0.15) is 5.26 Å². The minimum absolute atomic E-state index is 0.0548. The lowest BCUT2D eigenvalue weighted by molar-refractivity contribution is -0.384. The maximum absolute atomic E-state index is 10.7. The highest BCUT2D eigenvalue weighted by atomic mass is 16.6. The van der Waals surface area contributed by atoms with E-state index in [0.717, 1.165) is 11.3 Å². The van der Waals surface area contributed by atoms with Crippen LogP contribution in [0.3, 0.4) is 0 Å². The third-order valence-electron chi connectivity index (χ3n) is 2.68. The Balaban J connectivity index is 2.13. The van der Waals surface area contributed by atoms with E-state index in [4.69, 9.17) is 5.26 Å². The number of benzene rings is 1. The molecule has 20 heavy (non-hydrogen) atoms. The van der Waals surface area contributed by atoms with Crippen LogP contribution < -0.4 is 5.32 Å². The Morgan fingerprint density at radius 3 is 2.90 bits per heavy atom. The smallest absolute Gasteiger partial charge is 0.269 e. The molecule has 0 saturated heterocycles. The zero-order chi connectivity index (χ0) is 14.5. The maximum Gasteiger partial charge on any atom is 0.269 e. The van der Waals surface area contributed by atoms with Gasteiger partial charge in [-0.05, 0) is 24.6 Å². The molecule has 0 bridgehead atoms. The van der Waals surface area contributed by atoms with Crippen molar-refractivity contribution in [1.29, 1.82) is 5.26 Å². The van der Waals surface area contributed by atoms with Gasteiger partial charge in [0.05, 0.1) is 16.6 Å². The lowest BCUT2D eigenvalue weighted by atomic mass is 10.2. The van der Waals surface area contributed by atoms with E-state index in [-0.39, 0.29) is 5.69 Å². The molecular weight excluding hydrogens is 256 g/mol. The summed E-state index contributed by atoms with van der Waals surface area (Å²) in [4.78, 5) is 14.5. The summed E-state index contributed by atoms with van der Waals surface area (Å²) < 4.78 is 0. The van der Waals surface area contributed by atoms with Crippen molar-refractivity contribution in [2.45, 2.75) is 13.5 Å². The molecule has 0 atom stereocenters. The first kappa shape index (κ1) is 13.5. The van der Waals surface area contributed by atoms with Gasteiger partial charge in [0, 0.05) is 24.4 Å². The summed E-state index contributed by atoms with van der Waals surface area (Å²) in [5.41, 5.74) is 2.10. The Kier molecular flexibility index (Phi) is 3.91. The van der Waals surface area contributed by atoms with Gasteiger partial charge in [-0.15, -0.1) is 0 Å². The number of nitriles is 1. The molecule has 0 fully saturated rings. The molecule has 1 aromatic carbocycles. The molecule has 0 aliphatic heterocycles. The molecule has 0 amide bonds. The molecule has 0 saturated carbocycles. The number of nitro groups is 1. The van der Waals surface area contributed by atoms with Gasteiger partial charge in [0.15, 0.2) is 0 Å². The summed E-state index contributed by atoms with van der Waals surface area (Å²) in [7, 11) is 0. The van der Waals surface area contributed by atoms with Crippen molar-refractivity contribution in [2.75, 3.05) is 5.32 Å². The van der Waals surface area contributed by atoms with Gasteiger partial charge in [-0.3, -0.25) is 10.1 Å². The molecule has 2 aromatic rings. The van der Waals surface area contributed by atoms with E-state index >= 15 is 0 Å². The number of hydrogen-bond donors (Lipinski definition) is 1. The Morgan fingerprint density at radius 1 is 1.40 bits per heavy atom. The summed E-state index contributed by atoms with van der Waals surface area (Å²) in [6, 6.07) is 11.8. The van der Waals surface area contributed by atoms with Gasteiger partial charge >= 0.3 is 0 Å². The molecule has 0 spiro atoms. The lowest BCUT2D eigenvalue weighted by Crippen LogP contribution is -2.03. The molecular formula is C14H12N4O2. The highest BCUT2D eigenvalue weighted by Crippen LogP contribution is 2.15. The van der Waals surface area contributed by atoms with E-state index in [2.05, 4.69) is 16.4 Å². The summed E-state index contributed by atoms with van der Waals surface area (Å²) in [6.45, 7) is 2.21. The van der Waals surface area contributed by atoms with Crippen LogP contribution in [0.2, 0.25) is 0 Å². The van der Waals surface area contributed by atoms with Crippen LogP contribution in [0.25, 0.3) is 0 Å². The van der Waals surface area contributed by atoms with E-state index in [0.29, 0.717) is 17.9 Å². The third kappa shape index (κ3) is 3.29. The van der Waals surface area contributed by atoms with Crippen LogP contribution in [0.4, 0.5) is 11.5 Å². The van der Waals surface area contributed by atoms with E-state index in [1.54, 1.807) is 31.2 Å². The van der Waals surface area contributed by atoms with Crippen molar-refractivity contribution >= 4 is 11.5 Å². The number of rotatable bonds is 4. The number of pyridine rings is 1. The van der Waals surface area contributed by atoms with E-state index in [1.807, 2.05) is 0 Å². The van der Waals surface area contributed by atoms with Gasteiger partial charge < -0.3 is 5.32 Å². The predicted octanol–water partition coefficient (Wildman–Crippen LogP) is 2.78. The van der Waals surface area contributed by atoms with Gasteiger partial charge in [-0.25, -0.2) is 4.98 Å². The number of aromatic nitrogens is 1. The number of aryl methyl sites for hydroxylation is 1. The zero-order valence-corrected chi connectivity index (χ0v) is 10.8. The minimum Gasteiger partial charge on any atom is -0.366 e. The highest BCUT2D eigenvalue weighted by molar-refractivity contribution is 5.45. The Bertz CT molecular complexity index is 692. The molecule has 1 N–H and O–H groups in total. The van der Waals surface area contributed by atoms with Crippen molar-refractivity contribution in [3.8, 4) is 6.07 Å². The fourth-order valence-electron chi connectivity index (χ4n) is 1.80. The van der Waals surface area contributed by atoms with E-state index in [9.17, 15) is 10.1 Å². The molecule has 0 radical (unpaired) electrons. The van der Waals surface area contributed by atoms with Crippen LogP contribution >= 0.6 is 0 Å². The lowest BCUT2D eigenvalue weighted by Gasteiger charge is -2.07. The second-order valence-electron chi connectivity index (χ2n) is 4.27. The van der Waals surface area contributed by atoms with Crippen LogP contribution in [0, 0.1) is 28.4 Å². The molecule has 2 rings (SSSR count). The molecule has 100 valence electrons. The molecule has 0 aliphatic rings. The normalized spacial score (nSPS) is 9.80. The monoisotopic (exact) mass is 268 g/mol. The quantitative estimate of drug-likeness (QED) is 0.680. The number of nitro benzene ring substituents is 1. The summed E-state index contributed by atoms with van der Waals surface area (Å²) in [5, 5.41) is 22.6. The fourth-order valence-corrected chi connectivity index (χ4v) is 1.80. The highest BCUT2D eigenvalue weighted by Gasteiger charge is 2.06. The zero-order valence-electron chi connectivity index (χ0n) is 10.8. The first-order valence-electron chi connectivity index (χ1n) is 5.94. The van der Waals surface area contributed by atoms with Gasteiger partial charge in [0.1, 0.15) is 5.82 Å². The van der Waals surface area contributed by atoms with Crippen molar-refractivity contribution in [2.24, 2.45) is 0 Å². The largest absolute Gasteiger partial charge is 0.366 e. The van der Waals surface area contributed by atoms with Gasteiger partial charge in [0.25, 0.3) is 5.69 Å². The SMILES string of the molecule is Cc1cc(C#N)cc(NCc2cccc([N+](=O)[O-])c2)n1. The third-order valence-corrected chi connectivity index (χ3v) is 2.68. The van der Waals surface area contributed by atoms with Crippen molar-refractivity contribution in [3.05, 3.63) is 63.3 Å².